The van der Waals surface area contributed by atoms with Crippen LogP contribution in [0.15, 0.2) is 0 Å². The van der Waals surface area contributed by atoms with E-state index in [2.05, 4.69) is 4.74 Å². The van der Waals surface area contributed by atoms with Gasteiger partial charge >= 0.3 is 5.97 Å². The second kappa shape index (κ2) is 15.0. The fraction of sp³-hybridized carbons (Fsp3) is 0.733. The van der Waals surface area contributed by atoms with Crippen LogP contribution in [0.2, 0.25) is 0 Å². The van der Waals surface area contributed by atoms with Gasteiger partial charge in [0.15, 0.2) is 18.2 Å². The number of esters is 1. The van der Waals surface area contributed by atoms with Crippen LogP contribution in [0, 0.1) is 0 Å². The molecule has 0 saturated carbocycles. The second-order valence-corrected chi connectivity index (χ2v) is 5.60. The number of hydrogen-bond acceptors (Lipinski definition) is 14. The molecule has 0 aliphatic rings. The maximum absolute atomic E-state index is 10.8. The van der Waals surface area contributed by atoms with Gasteiger partial charge in [-0.25, -0.2) is 4.79 Å². The van der Waals surface area contributed by atoms with E-state index in [1.807, 2.05) is 0 Å². The summed E-state index contributed by atoms with van der Waals surface area (Å²) in [6, 6.07) is 0. The van der Waals surface area contributed by atoms with Crippen molar-refractivity contribution in [3.63, 3.8) is 0 Å². The Hall–Kier alpha value is -1.88. The minimum absolute atomic E-state index is 0.00117. The topological polar surface area (TPSA) is 260 Å². The van der Waals surface area contributed by atoms with Crippen LogP contribution < -0.4 is 0 Å². The molecule has 0 fully saturated rings. The van der Waals surface area contributed by atoms with Crippen LogP contribution in [0.5, 0.6) is 0 Å². The third-order valence-electron chi connectivity index (χ3n) is 3.32. The van der Waals surface area contributed by atoms with E-state index in [0.29, 0.717) is 0 Å². The molecule has 0 unspecified atom stereocenters. The molecule has 0 spiro atoms. The van der Waals surface area contributed by atoms with Gasteiger partial charge in [-0.2, -0.15) is 0 Å². The van der Waals surface area contributed by atoms with Crippen molar-refractivity contribution < 1.29 is 69.9 Å². The number of rotatable bonds is 12. The van der Waals surface area contributed by atoms with E-state index in [1.165, 1.54) is 0 Å². The quantitative estimate of drug-likeness (QED) is 0.0792. The Labute approximate surface area is 164 Å². The maximum atomic E-state index is 10.8. The molecule has 0 aliphatic heterocycles. The second-order valence-electron chi connectivity index (χ2n) is 5.60. The molecule has 29 heavy (non-hydrogen) atoms. The van der Waals surface area contributed by atoms with Gasteiger partial charge in [-0.1, -0.05) is 0 Å². The third kappa shape index (κ3) is 10.5. The first-order chi connectivity index (χ1) is 13.4. The van der Waals surface area contributed by atoms with E-state index >= 15 is 0 Å². The Kier molecular flexibility index (Phi) is 15.2. The predicted molar refractivity (Wildman–Crippen MR) is 88.9 cm³/mol. The zero-order valence-corrected chi connectivity index (χ0v) is 15.3. The summed E-state index contributed by atoms with van der Waals surface area (Å²) in [7, 11) is 0. The number of carbonyl (C=O) groups excluding carboxylic acids is 4. The summed E-state index contributed by atoms with van der Waals surface area (Å²) in [5, 5.41) is 79.2. The lowest BCUT2D eigenvalue weighted by molar-refractivity contribution is -0.170. The average molecular weight is 430 g/mol. The molecule has 9 N–H and O–H groups in total. The van der Waals surface area contributed by atoms with Gasteiger partial charge in [-0.05, 0) is 0 Å². The summed E-state index contributed by atoms with van der Waals surface area (Å²) < 4.78 is 4.28. The average Bonchev–Trinajstić information content (AvgIpc) is 2.73. The van der Waals surface area contributed by atoms with Crippen LogP contribution in [0.4, 0.5) is 0 Å². The smallest absolute Gasteiger partial charge is 0.375 e. The van der Waals surface area contributed by atoms with Crippen LogP contribution in [0.1, 0.15) is 6.92 Å². The van der Waals surface area contributed by atoms with E-state index in [1.54, 1.807) is 0 Å². The van der Waals surface area contributed by atoms with E-state index in [-0.39, 0.29) is 6.29 Å². The molecule has 0 aliphatic carbocycles. The summed E-state index contributed by atoms with van der Waals surface area (Å²) in [4.78, 5) is 42.4. The van der Waals surface area contributed by atoms with E-state index < -0.39 is 80.1 Å². The maximum Gasteiger partial charge on any atom is 0.375 e. The molecule has 7 atom stereocenters. The van der Waals surface area contributed by atoms with Crippen molar-refractivity contribution in [2.45, 2.75) is 49.7 Å². The summed E-state index contributed by atoms with van der Waals surface area (Å²) in [6.45, 7) is -1.65. The van der Waals surface area contributed by atoms with Crippen molar-refractivity contribution in [1.29, 1.82) is 0 Å². The van der Waals surface area contributed by atoms with Gasteiger partial charge in [-0.15, -0.1) is 0 Å². The number of carbonyl (C=O) groups is 4. The SMILES string of the molecule is CC(=O)C(=O)O[C@@H](C=O)[C@@H](O)[C@@H](O)[C@H](O)CO.O=C(CO)[C@@H](O)[C@H](O)[C@H](O)CO. The molecule has 0 amide bonds. The highest BCUT2D eigenvalue weighted by atomic mass is 16.6. The standard InChI is InChI=1S/C9H14O8.C6H12O6/c1-4(12)9(16)17-6(3-11)8(15)7(14)5(13)2-10;7-1-3(9)5(11)6(12)4(10)2-8/h3,5-8,10,13-15H,2H2,1H3;3,5-9,11-12H,1-2H2/t5-,6+,7+,8-;3-,5-,6-/m11/s1. The highest BCUT2D eigenvalue weighted by Crippen LogP contribution is 2.07. The zero-order chi connectivity index (χ0) is 23.3. The van der Waals surface area contributed by atoms with Gasteiger partial charge in [0.25, 0.3) is 0 Å². The number of aliphatic hydroxyl groups is 9. The highest BCUT2D eigenvalue weighted by Gasteiger charge is 2.34. The minimum atomic E-state index is -1.95. The molecule has 0 rings (SSSR count). The number of aldehydes is 1. The lowest BCUT2D eigenvalue weighted by Crippen LogP contribution is -2.48. The lowest BCUT2D eigenvalue weighted by Gasteiger charge is -2.25. The van der Waals surface area contributed by atoms with Crippen LogP contribution >= 0.6 is 0 Å². The van der Waals surface area contributed by atoms with Gasteiger partial charge in [0, 0.05) is 6.92 Å². The van der Waals surface area contributed by atoms with Gasteiger partial charge < -0.3 is 50.7 Å². The first-order valence-electron chi connectivity index (χ1n) is 7.99. The number of ether oxygens (including phenoxy) is 1. The van der Waals surface area contributed by atoms with Crippen molar-refractivity contribution in [3.05, 3.63) is 0 Å². The van der Waals surface area contributed by atoms with Crippen molar-refractivity contribution >= 4 is 23.8 Å². The molecule has 170 valence electrons. The molecule has 0 aromatic heterocycles. The number of Topliss-reactive ketones (excluding diaryl/α,β-unsaturated/α-hetero) is 2. The molecule has 14 nitrogen and oxygen atoms in total. The van der Waals surface area contributed by atoms with Crippen molar-refractivity contribution in [3.8, 4) is 0 Å². The molecule has 0 saturated heterocycles. The molecular formula is C15H26O14. The van der Waals surface area contributed by atoms with Crippen molar-refractivity contribution in [1.82, 2.24) is 0 Å². The molecule has 0 aromatic rings. The number of ketones is 2. The Morgan fingerprint density at radius 2 is 1.28 bits per heavy atom. The molecule has 0 bridgehead atoms. The summed E-state index contributed by atoms with van der Waals surface area (Å²) in [5.74, 6) is -3.34. The Morgan fingerprint density at radius 1 is 0.828 bits per heavy atom. The Bertz CT molecular complexity index is 523. The number of hydrogen-bond donors (Lipinski definition) is 9. The first kappa shape index (κ1) is 29.3. The molecule has 14 heteroatoms. The highest BCUT2D eigenvalue weighted by molar-refractivity contribution is 6.32. The fourth-order valence-corrected chi connectivity index (χ4v) is 1.52. The third-order valence-corrected chi connectivity index (χ3v) is 3.32. The van der Waals surface area contributed by atoms with E-state index in [0.717, 1.165) is 6.92 Å². The first-order valence-corrected chi connectivity index (χ1v) is 7.99. The summed E-state index contributed by atoms with van der Waals surface area (Å²) in [5.41, 5.74) is 0. The monoisotopic (exact) mass is 430 g/mol. The van der Waals surface area contributed by atoms with Gasteiger partial charge in [0.1, 0.15) is 43.2 Å². The molecular weight excluding hydrogens is 404 g/mol. The largest absolute Gasteiger partial charge is 0.446 e. The number of aliphatic hydroxyl groups excluding tert-OH is 9. The predicted octanol–water partition coefficient (Wildman–Crippen LogP) is -6.62. The van der Waals surface area contributed by atoms with Crippen LogP contribution in [0.3, 0.4) is 0 Å². The van der Waals surface area contributed by atoms with Crippen LogP contribution in [-0.4, -0.2) is 132 Å². The van der Waals surface area contributed by atoms with Crippen LogP contribution in [-0.2, 0) is 23.9 Å². The van der Waals surface area contributed by atoms with Gasteiger partial charge in [0.2, 0.25) is 5.78 Å². The summed E-state index contributed by atoms with van der Waals surface area (Å²) >= 11 is 0. The Balaban J connectivity index is 0. The van der Waals surface area contributed by atoms with E-state index in [4.69, 9.17) is 35.7 Å². The molecule has 0 heterocycles. The lowest BCUT2D eigenvalue weighted by atomic mass is 10.0. The van der Waals surface area contributed by atoms with Crippen molar-refractivity contribution in [2.24, 2.45) is 0 Å². The molecule has 0 radical (unpaired) electrons. The fourth-order valence-electron chi connectivity index (χ4n) is 1.52. The minimum Gasteiger partial charge on any atom is -0.446 e. The molecule has 0 aromatic carbocycles. The Morgan fingerprint density at radius 3 is 1.62 bits per heavy atom. The van der Waals surface area contributed by atoms with E-state index in [9.17, 15) is 29.4 Å². The normalized spacial score (nSPS) is 18.0. The van der Waals surface area contributed by atoms with Gasteiger partial charge in [0.05, 0.1) is 13.2 Å². The van der Waals surface area contributed by atoms with Crippen molar-refractivity contribution in [2.75, 3.05) is 19.8 Å². The zero-order valence-electron chi connectivity index (χ0n) is 15.3. The summed E-state index contributed by atoms with van der Waals surface area (Å²) in [6.07, 6.45) is -12.6. The van der Waals surface area contributed by atoms with Gasteiger partial charge in [-0.3, -0.25) is 14.4 Å². The van der Waals surface area contributed by atoms with Crippen LogP contribution in [0.25, 0.3) is 0 Å².